The number of aromatic nitrogens is 2. The van der Waals surface area contributed by atoms with Gasteiger partial charge in [0.25, 0.3) is 5.56 Å². The van der Waals surface area contributed by atoms with Crippen molar-refractivity contribution in [3.8, 4) is 0 Å². The average Bonchev–Trinajstić information content (AvgIpc) is 2.13. The van der Waals surface area contributed by atoms with Crippen LogP contribution in [0.2, 0.25) is 0 Å². The van der Waals surface area contributed by atoms with Crippen molar-refractivity contribution in [3.63, 3.8) is 0 Å². The summed E-state index contributed by atoms with van der Waals surface area (Å²) in [6.45, 7) is 5.75. The Bertz CT molecular complexity index is 389. The van der Waals surface area contributed by atoms with E-state index in [1.54, 1.807) is 11.8 Å². The van der Waals surface area contributed by atoms with Crippen LogP contribution < -0.4 is 5.56 Å². The van der Waals surface area contributed by atoms with Crippen LogP contribution in [0.4, 0.5) is 4.39 Å². The summed E-state index contributed by atoms with van der Waals surface area (Å²) in [5.74, 6) is 1.98. The molecular weight excluding hydrogens is 215 g/mol. The van der Waals surface area contributed by atoms with Gasteiger partial charge in [0.2, 0.25) is 5.82 Å². The van der Waals surface area contributed by atoms with Gasteiger partial charge in [0.1, 0.15) is 5.82 Å². The summed E-state index contributed by atoms with van der Waals surface area (Å²) in [5.41, 5.74) is -0.512. The minimum absolute atomic E-state index is 0.166. The second kappa shape index (κ2) is 5.30. The standard InChI is InChI=1S/C10H15FN2OS/c1-6(2)4-15-5-8-12-7(3)9(11)10(14)13-8/h6H,4-5H2,1-3H3,(H,12,13,14). The highest BCUT2D eigenvalue weighted by Crippen LogP contribution is 2.12. The summed E-state index contributed by atoms with van der Waals surface area (Å²) in [5, 5.41) is 0. The van der Waals surface area contributed by atoms with Gasteiger partial charge in [-0.25, -0.2) is 4.98 Å². The van der Waals surface area contributed by atoms with Crippen LogP contribution in [0.3, 0.4) is 0 Å². The molecule has 3 nitrogen and oxygen atoms in total. The third kappa shape index (κ3) is 3.66. The van der Waals surface area contributed by atoms with Gasteiger partial charge in [0.15, 0.2) is 0 Å². The lowest BCUT2D eigenvalue weighted by atomic mass is 10.3. The third-order valence-electron chi connectivity index (χ3n) is 1.77. The zero-order valence-electron chi connectivity index (χ0n) is 9.13. The zero-order chi connectivity index (χ0) is 11.4. The first-order valence-electron chi connectivity index (χ1n) is 4.83. The second-order valence-electron chi connectivity index (χ2n) is 3.82. The van der Waals surface area contributed by atoms with Gasteiger partial charge in [-0.05, 0) is 18.6 Å². The monoisotopic (exact) mass is 230 g/mol. The van der Waals surface area contributed by atoms with Gasteiger partial charge in [-0.3, -0.25) is 4.79 Å². The predicted octanol–water partition coefficient (Wildman–Crippen LogP) is 2.11. The SMILES string of the molecule is Cc1nc(CSCC(C)C)[nH]c(=O)c1F. The molecule has 1 N–H and O–H groups in total. The van der Waals surface area contributed by atoms with Crippen LogP contribution in [0.25, 0.3) is 0 Å². The van der Waals surface area contributed by atoms with E-state index in [9.17, 15) is 9.18 Å². The van der Waals surface area contributed by atoms with Gasteiger partial charge in [-0.2, -0.15) is 16.2 Å². The first-order valence-corrected chi connectivity index (χ1v) is 5.99. The first kappa shape index (κ1) is 12.2. The minimum Gasteiger partial charge on any atom is -0.307 e. The Labute approximate surface area is 92.5 Å². The van der Waals surface area contributed by atoms with E-state index in [1.165, 1.54) is 6.92 Å². The summed E-state index contributed by atoms with van der Waals surface area (Å²) < 4.78 is 12.9. The van der Waals surface area contributed by atoms with E-state index < -0.39 is 11.4 Å². The molecule has 1 aromatic heterocycles. The first-order chi connectivity index (χ1) is 7.00. The Balaban J connectivity index is 2.67. The lowest BCUT2D eigenvalue weighted by molar-refractivity contribution is 0.584. The summed E-state index contributed by atoms with van der Waals surface area (Å²) in [4.78, 5) is 17.5. The highest BCUT2D eigenvalue weighted by atomic mass is 32.2. The average molecular weight is 230 g/mol. The number of thioether (sulfide) groups is 1. The van der Waals surface area contributed by atoms with E-state index in [0.29, 0.717) is 17.5 Å². The number of aromatic amines is 1. The topological polar surface area (TPSA) is 45.8 Å². The van der Waals surface area contributed by atoms with Crippen LogP contribution in [0, 0.1) is 18.7 Å². The number of H-pyrrole nitrogens is 1. The Morgan fingerprint density at radius 1 is 1.53 bits per heavy atom. The number of hydrogen-bond acceptors (Lipinski definition) is 3. The lowest BCUT2D eigenvalue weighted by Crippen LogP contribution is -2.17. The number of halogens is 1. The highest BCUT2D eigenvalue weighted by Gasteiger charge is 2.06. The normalized spacial score (nSPS) is 11.0. The molecule has 0 spiro atoms. The molecule has 15 heavy (non-hydrogen) atoms. The Morgan fingerprint density at radius 2 is 2.20 bits per heavy atom. The Hall–Kier alpha value is -0.840. The number of hydrogen-bond donors (Lipinski definition) is 1. The van der Waals surface area contributed by atoms with Gasteiger partial charge >= 0.3 is 0 Å². The van der Waals surface area contributed by atoms with E-state index in [1.807, 2.05) is 0 Å². The van der Waals surface area contributed by atoms with Crippen LogP contribution >= 0.6 is 11.8 Å². The van der Waals surface area contributed by atoms with E-state index >= 15 is 0 Å². The van der Waals surface area contributed by atoms with Crippen molar-refractivity contribution < 1.29 is 4.39 Å². The fourth-order valence-electron chi connectivity index (χ4n) is 1.09. The largest absolute Gasteiger partial charge is 0.307 e. The molecule has 0 aliphatic carbocycles. The summed E-state index contributed by atoms with van der Waals surface area (Å²) in [7, 11) is 0. The van der Waals surface area contributed by atoms with Gasteiger partial charge < -0.3 is 4.98 Å². The smallest absolute Gasteiger partial charge is 0.287 e. The van der Waals surface area contributed by atoms with Crippen LogP contribution in [-0.2, 0) is 5.75 Å². The van der Waals surface area contributed by atoms with Crippen molar-refractivity contribution in [1.82, 2.24) is 9.97 Å². The van der Waals surface area contributed by atoms with Crippen LogP contribution in [-0.4, -0.2) is 15.7 Å². The molecule has 0 unspecified atom stereocenters. The zero-order valence-corrected chi connectivity index (χ0v) is 9.95. The lowest BCUT2D eigenvalue weighted by Gasteiger charge is -2.04. The van der Waals surface area contributed by atoms with Crippen molar-refractivity contribution >= 4 is 11.8 Å². The molecule has 0 amide bonds. The molecule has 1 aromatic rings. The van der Waals surface area contributed by atoms with Crippen molar-refractivity contribution in [1.29, 1.82) is 0 Å². The molecule has 84 valence electrons. The van der Waals surface area contributed by atoms with Crippen LogP contribution in [0.5, 0.6) is 0 Å². The van der Waals surface area contributed by atoms with Crippen molar-refractivity contribution in [2.24, 2.45) is 5.92 Å². The molecule has 0 aliphatic heterocycles. The van der Waals surface area contributed by atoms with Gasteiger partial charge in [0.05, 0.1) is 11.4 Å². The second-order valence-corrected chi connectivity index (χ2v) is 4.85. The van der Waals surface area contributed by atoms with E-state index in [-0.39, 0.29) is 5.69 Å². The Kier molecular flexibility index (Phi) is 4.32. The summed E-state index contributed by atoms with van der Waals surface area (Å²) in [6, 6.07) is 0. The fourth-order valence-corrected chi connectivity index (χ4v) is 2.01. The minimum atomic E-state index is -0.785. The molecule has 0 radical (unpaired) electrons. The molecular formula is C10H15FN2OS. The quantitative estimate of drug-likeness (QED) is 0.861. The number of nitrogens with zero attached hydrogens (tertiary/aromatic N) is 1. The molecule has 0 atom stereocenters. The third-order valence-corrected chi connectivity index (χ3v) is 3.15. The van der Waals surface area contributed by atoms with Crippen LogP contribution in [0.15, 0.2) is 4.79 Å². The molecule has 0 bridgehead atoms. The van der Waals surface area contributed by atoms with Gasteiger partial charge in [0, 0.05) is 0 Å². The fraction of sp³-hybridized carbons (Fsp3) is 0.600. The molecule has 0 aliphatic rings. The van der Waals surface area contributed by atoms with E-state index in [2.05, 4.69) is 23.8 Å². The maximum Gasteiger partial charge on any atom is 0.287 e. The highest BCUT2D eigenvalue weighted by molar-refractivity contribution is 7.98. The van der Waals surface area contributed by atoms with E-state index in [4.69, 9.17) is 0 Å². The van der Waals surface area contributed by atoms with Crippen molar-refractivity contribution in [2.45, 2.75) is 26.5 Å². The molecule has 0 fully saturated rings. The predicted molar refractivity (Wildman–Crippen MR) is 60.6 cm³/mol. The van der Waals surface area contributed by atoms with Crippen molar-refractivity contribution in [3.05, 3.63) is 27.7 Å². The summed E-state index contributed by atoms with van der Waals surface area (Å²) in [6.07, 6.45) is 0. The van der Waals surface area contributed by atoms with Crippen molar-refractivity contribution in [2.75, 3.05) is 5.75 Å². The molecule has 5 heteroatoms. The molecule has 0 saturated carbocycles. The molecule has 1 rings (SSSR count). The number of rotatable bonds is 4. The molecule has 1 heterocycles. The molecule has 0 aromatic carbocycles. The number of aryl methyl sites for hydroxylation is 1. The molecule has 0 saturated heterocycles. The van der Waals surface area contributed by atoms with Gasteiger partial charge in [-0.1, -0.05) is 13.8 Å². The van der Waals surface area contributed by atoms with Gasteiger partial charge in [-0.15, -0.1) is 0 Å². The van der Waals surface area contributed by atoms with E-state index in [0.717, 1.165) is 5.75 Å². The maximum atomic E-state index is 12.9. The Morgan fingerprint density at radius 3 is 2.73 bits per heavy atom. The summed E-state index contributed by atoms with van der Waals surface area (Å²) >= 11 is 1.68. The number of nitrogens with one attached hydrogen (secondary N) is 1. The maximum absolute atomic E-state index is 12.9. The van der Waals surface area contributed by atoms with Crippen LogP contribution in [0.1, 0.15) is 25.4 Å².